The Morgan fingerprint density at radius 1 is 0.750 bits per heavy atom. The molecule has 0 saturated heterocycles. The minimum absolute atomic E-state index is 0.0756. The van der Waals surface area contributed by atoms with Crippen LogP contribution in [0, 0.1) is 0 Å². The molecule has 2 atom stereocenters. The van der Waals surface area contributed by atoms with Gasteiger partial charge in [-0.1, -0.05) is 121 Å². The van der Waals surface area contributed by atoms with Crippen LogP contribution in [0.15, 0.2) is 30.3 Å². The highest BCUT2D eigenvalue weighted by atomic mass is 32.2. The second-order valence-corrected chi connectivity index (χ2v) is 15.6. The Kier molecular flexibility index (Phi) is 26.1. The molecule has 44 heavy (non-hydrogen) atoms. The average molecular weight is 661 g/mol. The van der Waals surface area contributed by atoms with Crippen molar-refractivity contribution in [3.05, 3.63) is 35.9 Å². The third kappa shape index (κ3) is 27.8. The fourth-order valence-electron chi connectivity index (χ4n) is 4.72. The normalized spacial score (nSPS) is 14.1. The Labute approximate surface area is 275 Å². The predicted molar refractivity (Wildman–Crippen MR) is 187 cm³/mol. The van der Waals surface area contributed by atoms with E-state index in [4.69, 9.17) is 18.5 Å². The van der Waals surface area contributed by atoms with Crippen molar-refractivity contribution in [3.8, 4) is 0 Å². The molecule has 258 valence electrons. The van der Waals surface area contributed by atoms with Crippen LogP contribution in [0.1, 0.15) is 115 Å². The van der Waals surface area contributed by atoms with Crippen LogP contribution in [-0.2, 0) is 29.7 Å². The zero-order valence-corrected chi connectivity index (χ0v) is 30.4. The summed E-state index contributed by atoms with van der Waals surface area (Å²) in [6.07, 6.45) is 19.9. The van der Waals surface area contributed by atoms with Crippen LogP contribution in [0.3, 0.4) is 0 Å². The van der Waals surface area contributed by atoms with Gasteiger partial charge in [-0.15, -0.1) is 0 Å². The molecule has 0 fully saturated rings. The van der Waals surface area contributed by atoms with Crippen LogP contribution in [0.5, 0.6) is 0 Å². The number of benzene rings is 1. The van der Waals surface area contributed by atoms with E-state index >= 15 is 0 Å². The molecule has 1 rings (SSSR count). The minimum Gasteiger partial charge on any atom is -0.377 e. The fourth-order valence-corrected chi connectivity index (χ4v) is 6.49. The monoisotopic (exact) mass is 660 g/mol. The first-order chi connectivity index (χ1) is 21.2. The molecule has 1 aromatic carbocycles. The van der Waals surface area contributed by atoms with Crippen molar-refractivity contribution < 1.29 is 32.5 Å². The van der Waals surface area contributed by atoms with Gasteiger partial charge in [-0.25, -0.2) is 4.57 Å². The number of thioether (sulfide) groups is 1. The molecular formula is C35H67NO6PS+. The molecule has 0 saturated carbocycles. The Morgan fingerprint density at radius 3 is 1.93 bits per heavy atom. The zero-order valence-electron chi connectivity index (χ0n) is 28.7. The lowest BCUT2D eigenvalue weighted by atomic mass is 10.1. The molecule has 0 spiro atoms. The van der Waals surface area contributed by atoms with Gasteiger partial charge in [0.25, 0.3) is 0 Å². The number of hydrogen-bond acceptors (Lipinski definition) is 6. The van der Waals surface area contributed by atoms with Gasteiger partial charge < -0.3 is 18.9 Å². The van der Waals surface area contributed by atoms with Crippen LogP contribution in [-0.4, -0.2) is 81.1 Å². The van der Waals surface area contributed by atoms with Crippen LogP contribution >= 0.6 is 19.6 Å². The van der Waals surface area contributed by atoms with Gasteiger partial charge in [0, 0.05) is 19.0 Å². The molecule has 0 bridgehead atoms. The zero-order chi connectivity index (χ0) is 32.2. The summed E-state index contributed by atoms with van der Waals surface area (Å²) in [5.41, 5.74) is 1.22. The second-order valence-electron chi connectivity index (χ2n) is 13.0. The lowest BCUT2D eigenvalue weighted by Crippen LogP contribution is -2.37. The summed E-state index contributed by atoms with van der Waals surface area (Å²) >= 11 is 1.86. The maximum atomic E-state index is 12.4. The van der Waals surface area contributed by atoms with Crippen molar-refractivity contribution >= 4 is 19.6 Å². The first-order valence-electron chi connectivity index (χ1n) is 17.4. The van der Waals surface area contributed by atoms with Crippen LogP contribution < -0.4 is 0 Å². The fraction of sp³-hybridized carbons (Fsp3) is 0.829. The van der Waals surface area contributed by atoms with Crippen LogP contribution in [0.25, 0.3) is 0 Å². The Morgan fingerprint density at radius 2 is 1.32 bits per heavy atom. The summed E-state index contributed by atoms with van der Waals surface area (Å²) < 4.78 is 35.6. The molecule has 0 amide bonds. The highest BCUT2D eigenvalue weighted by Crippen LogP contribution is 2.43. The van der Waals surface area contributed by atoms with Crippen molar-refractivity contribution in [2.45, 2.75) is 122 Å². The summed E-state index contributed by atoms with van der Waals surface area (Å²) in [4.78, 5) is 10.2. The number of likely N-dealkylation sites (N-methyl/N-ethyl adjacent to an activating group) is 1. The van der Waals surface area contributed by atoms with E-state index in [1.807, 2.05) is 51.1 Å². The molecular weight excluding hydrogens is 593 g/mol. The molecule has 7 nitrogen and oxygen atoms in total. The number of unbranched alkanes of at least 4 members (excludes halogenated alkanes) is 14. The van der Waals surface area contributed by atoms with Crippen molar-refractivity contribution in [2.75, 3.05) is 65.6 Å². The number of hydrogen-bond donors (Lipinski definition) is 1. The standard InChI is InChI=1S/C35H66NO6PS/c1-5-6-7-8-9-10-11-14-17-23-30-44-33-35(32-42-43(37,38)41-29-26-36(2,3)4)40-28-22-16-13-12-15-21-27-39-31-34-24-19-18-20-25-34/h18-20,24-25,35H,5-17,21-23,26-33H2,1-4H3/p+1. The van der Waals surface area contributed by atoms with Gasteiger partial charge in [0.2, 0.25) is 0 Å². The van der Waals surface area contributed by atoms with E-state index in [-0.39, 0.29) is 19.3 Å². The maximum absolute atomic E-state index is 12.4. The number of rotatable bonds is 32. The van der Waals surface area contributed by atoms with E-state index in [1.165, 1.54) is 89.0 Å². The van der Waals surface area contributed by atoms with Crippen LogP contribution in [0.2, 0.25) is 0 Å². The summed E-state index contributed by atoms with van der Waals surface area (Å²) in [6.45, 7) is 5.29. The third-order valence-electron chi connectivity index (χ3n) is 7.53. The third-order valence-corrected chi connectivity index (χ3v) is 9.70. The molecule has 9 heteroatoms. The predicted octanol–water partition coefficient (Wildman–Crippen LogP) is 9.42. The molecule has 2 unspecified atom stereocenters. The first-order valence-corrected chi connectivity index (χ1v) is 20.1. The SMILES string of the molecule is CCCCCCCCCCCCSCC(COP(=O)(O)OCC[N+](C)(C)C)OCCCCCCCCOCc1ccccc1. The van der Waals surface area contributed by atoms with E-state index in [0.29, 0.717) is 24.2 Å². The van der Waals surface area contributed by atoms with E-state index in [0.717, 1.165) is 37.4 Å². The van der Waals surface area contributed by atoms with Gasteiger partial charge in [-0.2, -0.15) is 11.8 Å². The molecule has 0 heterocycles. The van der Waals surface area contributed by atoms with Gasteiger partial charge in [0.05, 0.1) is 40.5 Å². The topological polar surface area (TPSA) is 74.2 Å². The minimum atomic E-state index is -4.10. The number of nitrogens with zero attached hydrogens (tertiary/aromatic N) is 1. The van der Waals surface area contributed by atoms with Gasteiger partial charge in [-0.3, -0.25) is 9.05 Å². The molecule has 1 N–H and O–H groups in total. The lowest BCUT2D eigenvalue weighted by molar-refractivity contribution is -0.870. The first kappa shape index (κ1) is 41.6. The number of phosphoric ester groups is 1. The van der Waals surface area contributed by atoms with Crippen molar-refractivity contribution in [2.24, 2.45) is 0 Å². The van der Waals surface area contributed by atoms with Crippen molar-refractivity contribution in [3.63, 3.8) is 0 Å². The number of quaternary nitrogens is 1. The molecule has 0 aliphatic carbocycles. The summed E-state index contributed by atoms with van der Waals surface area (Å²) in [6, 6.07) is 10.3. The Balaban J connectivity index is 2.20. The lowest BCUT2D eigenvalue weighted by Gasteiger charge is -2.24. The van der Waals surface area contributed by atoms with Crippen LogP contribution in [0.4, 0.5) is 0 Å². The molecule has 0 radical (unpaired) electrons. The highest BCUT2D eigenvalue weighted by molar-refractivity contribution is 7.99. The van der Waals surface area contributed by atoms with Crippen molar-refractivity contribution in [1.82, 2.24) is 0 Å². The molecule has 0 aromatic heterocycles. The van der Waals surface area contributed by atoms with Gasteiger partial charge in [0.1, 0.15) is 13.2 Å². The molecule has 0 aliphatic heterocycles. The number of ether oxygens (including phenoxy) is 2. The van der Waals surface area contributed by atoms with E-state index in [1.54, 1.807) is 0 Å². The van der Waals surface area contributed by atoms with E-state index < -0.39 is 7.82 Å². The average Bonchev–Trinajstić information content (AvgIpc) is 2.98. The van der Waals surface area contributed by atoms with Gasteiger partial charge >= 0.3 is 7.82 Å². The summed E-state index contributed by atoms with van der Waals surface area (Å²) in [5, 5.41) is 0. The number of phosphoric acid groups is 1. The molecule has 0 aliphatic rings. The van der Waals surface area contributed by atoms with Crippen molar-refractivity contribution in [1.29, 1.82) is 0 Å². The second kappa shape index (κ2) is 27.7. The van der Waals surface area contributed by atoms with E-state index in [2.05, 4.69) is 19.1 Å². The smallest absolute Gasteiger partial charge is 0.377 e. The maximum Gasteiger partial charge on any atom is 0.472 e. The highest BCUT2D eigenvalue weighted by Gasteiger charge is 2.25. The Hall–Kier alpha value is -0.440. The summed E-state index contributed by atoms with van der Waals surface area (Å²) in [5.74, 6) is 1.85. The van der Waals surface area contributed by atoms with Gasteiger partial charge in [-0.05, 0) is 30.6 Å². The van der Waals surface area contributed by atoms with Gasteiger partial charge in [0.15, 0.2) is 0 Å². The Bertz CT molecular complexity index is 810. The molecule has 1 aromatic rings. The largest absolute Gasteiger partial charge is 0.472 e. The quantitative estimate of drug-likeness (QED) is 0.0469. The van der Waals surface area contributed by atoms with E-state index in [9.17, 15) is 9.46 Å². The summed E-state index contributed by atoms with van der Waals surface area (Å²) in [7, 11) is 1.96.